The van der Waals surface area contributed by atoms with Crippen LogP contribution < -0.4 is 10.1 Å². The molecule has 0 spiro atoms. The monoisotopic (exact) mass is 357 g/mol. The van der Waals surface area contributed by atoms with Gasteiger partial charge in [0.1, 0.15) is 11.6 Å². The predicted molar refractivity (Wildman–Crippen MR) is 90.9 cm³/mol. The largest absolute Gasteiger partial charge is 0.455 e. The number of hydrogen-bond acceptors (Lipinski definition) is 6. The first-order valence-corrected chi connectivity index (χ1v) is 7.80. The highest BCUT2D eigenvalue weighted by atomic mass is 19.1. The maximum absolute atomic E-state index is 13.0. The Kier molecular flexibility index (Phi) is 4.62. The van der Waals surface area contributed by atoms with Gasteiger partial charge >= 0.3 is 11.9 Å². The van der Waals surface area contributed by atoms with Crippen LogP contribution in [-0.4, -0.2) is 17.7 Å². The molecule has 0 atom stereocenters. The molecule has 0 unspecified atom stereocenters. The number of hydrogen-bond donors (Lipinski definition) is 1. The fourth-order valence-corrected chi connectivity index (χ4v) is 2.23. The van der Waals surface area contributed by atoms with Gasteiger partial charge in [-0.15, -0.1) is 0 Å². The Balaban J connectivity index is 1.79. The predicted octanol–water partition coefficient (Wildman–Crippen LogP) is 3.75. The zero-order valence-electron chi connectivity index (χ0n) is 14.1. The van der Waals surface area contributed by atoms with Gasteiger partial charge in [0.05, 0.1) is 5.69 Å². The van der Waals surface area contributed by atoms with Gasteiger partial charge < -0.3 is 19.5 Å². The van der Waals surface area contributed by atoms with Gasteiger partial charge in [0.15, 0.2) is 11.3 Å². The summed E-state index contributed by atoms with van der Waals surface area (Å²) in [6.07, 6.45) is 1.20. The van der Waals surface area contributed by atoms with Crippen molar-refractivity contribution in [2.24, 2.45) is 0 Å². The van der Waals surface area contributed by atoms with Crippen molar-refractivity contribution in [2.75, 3.05) is 5.32 Å². The first kappa shape index (κ1) is 17.5. The number of rotatable bonds is 4. The topological polar surface area (TPSA) is 73.9 Å². The lowest BCUT2D eigenvalue weighted by molar-refractivity contribution is -0.222. The molecule has 0 saturated carbocycles. The molecule has 7 heteroatoms. The minimum atomic E-state index is -1.30. The summed E-state index contributed by atoms with van der Waals surface area (Å²) in [5.74, 6) is -2.37. The van der Waals surface area contributed by atoms with Crippen LogP contribution in [0.5, 0.6) is 11.5 Å². The van der Waals surface area contributed by atoms with Crippen molar-refractivity contribution in [3.63, 3.8) is 0 Å². The number of ether oxygens (including phenoxy) is 3. The standard InChI is InChI=1S/C19H16FNO5/c1-19(2)25-17(22)14(18(23)26-19)11-21-15-5-3-4-6-16(15)24-13-9-7-12(20)8-10-13/h3-11,21H,1-2H3. The molecular formula is C19H16FNO5. The minimum absolute atomic E-state index is 0.263. The van der Waals surface area contributed by atoms with E-state index in [9.17, 15) is 14.0 Å². The molecule has 0 bridgehead atoms. The number of esters is 2. The van der Waals surface area contributed by atoms with Gasteiger partial charge in [0.2, 0.25) is 0 Å². The highest BCUT2D eigenvalue weighted by Crippen LogP contribution is 2.30. The summed E-state index contributed by atoms with van der Waals surface area (Å²) in [5, 5.41) is 2.84. The number of carbonyl (C=O) groups is 2. The summed E-state index contributed by atoms with van der Waals surface area (Å²) in [6.45, 7) is 2.94. The maximum atomic E-state index is 13.0. The molecule has 2 aromatic rings. The first-order valence-electron chi connectivity index (χ1n) is 7.80. The smallest absolute Gasteiger partial charge is 0.350 e. The molecule has 3 rings (SSSR count). The van der Waals surface area contributed by atoms with E-state index in [1.807, 2.05) is 0 Å². The fraction of sp³-hybridized carbons (Fsp3) is 0.158. The zero-order valence-corrected chi connectivity index (χ0v) is 14.1. The third kappa shape index (κ3) is 4.00. The van der Waals surface area contributed by atoms with Gasteiger partial charge in [-0.2, -0.15) is 0 Å². The number of halogens is 1. The van der Waals surface area contributed by atoms with Crippen molar-refractivity contribution in [3.05, 3.63) is 66.1 Å². The van der Waals surface area contributed by atoms with E-state index >= 15 is 0 Å². The van der Waals surface area contributed by atoms with Crippen molar-refractivity contribution in [1.29, 1.82) is 0 Å². The molecule has 1 aliphatic heterocycles. The number of cyclic esters (lactones) is 2. The van der Waals surface area contributed by atoms with E-state index in [4.69, 9.17) is 14.2 Å². The highest BCUT2D eigenvalue weighted by Gasteiger charge is 2.38. The molecule has 1 heterocycles. The van der Waals surface area contributed by atoms with Crippen LogP contribution in [-0.2, 0) is 19.1 Å². The molecule has 1 fully saturated rings. The van der Waals surface area contributed by atoms with Crippen LogP contribution in [0, 0.1) is 5.82 Å². The Labute approximate surface area is 149 Å². The summed E-state index contributed by atoms with van der Waals surface area (Å²) < 4.78 is 28.7. The van der Waals surface area contributed by atoms with Crippen molar-refractivity contribution >= 4 is 17.6 Å². The van der Waals surface area contributed by atoms with Crippen LogP contribution in [0.25, 0.3) is 0 Å². The lowest BCUT2D eigenvalue weighted by atomic mass is 10.2. The first-order chi connectivity index (χ1) is 12.3. The highest BCUT2D eigenvalue weighted by molar-refractivity contribution is 6.15. The summed E-state index contributed by atoms with van der Waals surface area (Å²) in [5.41, 5.74) is 0.232. The van der Waals surface area contributed by atoms with E-state index in [0.717, 1.165) is 0 Å². The molecule has 0 aliphatic carbocycles. The Bertz CT molecular complexity index is 852. The number of nitrogens with one attached hydrogen (secondary N) is 1. The summed E-state index contributed by atoms with van der Waals surface area (Å²) in [6, 6.07) is 12.4. The van der Waals surface area contributed by atoms with Gasteiger partial charge in [0.25, 0.3) is 5.79 Å². The van der Waals surface area contributed by atoms with Crippen LogP contribution in [0.15, 0.2) is 60.3 Å². The Hall–Kier alpha value is -3.35. The van der Waals surface area contributed by atoms with Crippen molar-refractivity contribution in [1.82, 2.24) is 0 Å². The van der Waals surface area contributed by atoms with Gasteiger partial charge in [-0.3, -0.25) is 0 Å². The molecule has 1 aliphatic rings. The maximum Gasteiger partial charge on any atom is 0.350 e. The Morgan fingerprint density at radius 1 is 1.00 bits per heavy atom. The molecule has 1 N–H and O–H groups in total. The molecular weight excluding hydrogens is 341 g/mol. The molecule has 2 aromatic carbocycles. The molecule has 6 nitrogen and oxygen atoms in total. The minimum Gasteiger partial charge on any atom is -0.455 e. The Morgan fingerprint density at radius 3 is 2.27 bits per heavy atom. The molecule has 0 amide bonds. The van der Waals surface area contributed by atoms with Gasteiger partial charge in [-0.1, -0.05) is 12.1 Å². The molecule has 26 heavy (non-hydrogen) atoms. The van der Waals surface area contributed by atoms with E-state index < -0.39 is 17.7 Å². The van der Waals surface area contributed by atoms with Crippen molar-refractivity contribution in [3.8, 4) is 11.5 Å². The van der Waals surface area contributed by atoms with Gasteiger partial charge in [0, 0.05) is 20.0 Å². The lowest BCUT2D eigenvalue weighted by Gasteiger charge is -2.29. The van der Waals surface area contributed by atoms with E-state index in [1.54, 1.807) is 24.3 Å². The second kappa shape index (κ2) is 6.87. The van der Waals surface area contributed by atoms with Crippen LogP contribution in [0.1, 0.15) is 13.8 Å². The van der Waals surface area contributed by atoms with Crippen LogP contribution in [0.3, 0.4) is 0 Å². The number of benzene rings is 2. The average molecular weight is 357 g/mol. The van der Waals surface area contributed by atoms with E-state index in [1.165, 1.54) is 44.3 Å². The third-order valence-corrected chi connectivity index (χ3v) is 3.42. The lowest BCUT2D eigenvalue weighted by Crippen LogP contribution is -2.42. The quantitative estimate of drug-likeness (QED) is 0.510. The van der Waals surface area contributed by atoms with Gasteiger partial charge in [-0.25, -0.2) is 14.0 Å². The summed E-state index contributed by atoms with van der Waals surface area (Å²) in [4.78, 5) is 23.9. The number of anilines is 1. The Morgan fingerprint density at radius 2 is 1.62 bits per heavy atom. The molecule has 0 aromatic heterocycles. The van der Waals surface area contributed by atoms with Crippen LogP contribution in [0.2, 0.25) is 0 Å². The van der Waals surface area contributed by atoms with Crippen molar-refractivity contribution in [2.45, 2.75) is 19.6 Å². The second-order valence-electron chi connectivity index (χ2n) is 5.93. The van der Waals surface area contributed by atoms with Crippen molar-refractivity contribution < 1.29 is 28.2 Å². The summed E-state index contributed by atoms with van der Waals surface area (Å²) >= 11 is 0. The van der Waals surface area contributed by atoms with E-state index in [2.05, 4.69) is 5.32 Å². The van der Waals surface area contributed by atoms with Crippen LogP contribution in [0.4, 0.5) is 10.1 Å². The zero-order chi connectivity index (χ0) is 18.7. The van der Waals surface area contributed by atoms with E-state index in [-0.39, 0.29) is 11.4 Å². The summed E-state index contributed by atoms with van der Waals surface area (Å²) in [7, 11) is 0. The fourth-order valence-electron chi connectivity index (χ4n) is 2.23. The van der Waals surface area contributed by atoms with Crippen LogP contribution >= 0.6 is 0 Å². The number of carbonyl (C=O) groups excluding carboxylic acids is 2. The van der Waals surface area contributed by atoms with Gasteiger partial charge in [-0.05, 0) is 36.4 Å². The molecule has 134 valence electrons. The molecule has 1 saturated heterocycles. The third-order valence-electron chi connectivity index (χ3n) is 3.42. The average Bonchev–Trinajstić information content (AvgIpc) is 2.56. The molecule has 0 radical (unpaired) electrons. The van der Waals surface area contributed by atoms with E-state index in [0.29, 0.717) is 17.2 Å². The SMILES string of the molecule is CC1(C)OC(=O)C(=CNc2ccccc2Oc2ccc(F)cc2)C(=O)O1. The normalized spacial score (nSPS) is 15.7. The number of para-hydroxylation sites is 2. The second-order valence-corrected chi connectivity index (χ2v) is 5.93.